The molecule has 0 radical (unpaired) electrons. The predicted molar refractivity (Wildman–Crippen MR) is 162 cm³/mol. The summed E-state index contributed by atoms with van der Waals surface area (Å²) in [5, 5.41) is 0. The SMILES string of the molecule is CCN1CC(=O)N(CCCC(CC)(CC)CCCCOCCCCC(CC)(CC)CCN2C(=O)CN(C)C2=O)C1=O. The van der Waals surface area contributed by atoms with Crippen molar-refractivity contribution in [3.05, 3.63) is 0 Å². The van der Waals surface area contributed by atoms with Gasteiger partial charge in [-0.3, -0.25) is 19.4 Å². The maximum atomic E-state index is 12.4. The van der Waals surface area contributed by atoms with E-state index in [9.17, 15) is 19.2 Å². The fourth-order valence-electron chi connectivity index (χ4n) is 6.59. The lowest BCUT2D eigenvalue weighted by atomic mass is 9.74. The van der Waals surface area contributed by atoms with Gasteiger partial charge in [-0.25, -0.2) is 9.59 Å². The lowest BCUT2D eigenvalue weighted by Crippen LogP contribution is -2.35. The van der Waals surface area contributed by atoms with Crippen molar-refractivity contribution in [2.45, 2.75) is 118 Å². The Kier molecular flexibility index (Phi) is 14.6. The van der Waals surface area contributed by atoms with E-state index in [2.05, 4.69) is 27.7 Å². The van der Waals surface area contributed by atoms with Gasteiger partial charge in [-0.2, -0.15) is 0 Å². The summed E-state index contributed by atoms with van der Waals surface area (Å²) >= 11 is 0. The Morgan fingerprint density at radius 2 is 1.10 bits per heavy atom. The summed E-state index contributed by atoms with van der Waals surface area (Å²) in [6, 6.07) is -0.301. The molecule has 2 heterocycles. The molecule has 0 spiro atoms. The largest absolute Gasteiger partial charge is 0.381 e. The van der Waals surface area contributed by atoms with Crippen LogP contribution in [-0.2, 0) is 14.3 Å². The van der Waals surface area contributed by atoms with E-state index in [0.717, 1.165) is 96.7 Å². The normalized spacial score (nSPS) is 16.7. The van der Waals surface area contributed by atoms with Gasteiger partial charge >= 0.3 is 12.1 Å². The van der Waals surface area contributed by atoms with Crippen molar-refractivity contribution in [1.82, 2.24) is 19.6 Å². The number of carbonyl (C=O) groups excluding carboxylic acids is 4. The Morgan fingerprint density at radius 3 is 1.56 bits per heavy atom. The number of hydrogen-bond acceptors (Lipinski definition) is 5. The minimum absolute atomic E-state index is 0.0641. The average molecular weight is 579 g/mol. The third-order valence-electron chi connectivity index (χ3n) is 10.2. The lowest BCUT2D eigenvalue weighted by molar-refractivity contribution is -0.126. The molecule has 0 unspecified atom stereocenters. The van der Waals surface area contributed by atoms with Crippen molar-refractivity contribution in [1.29, 1.82) is 0 Å². The summed E-state index contributed by atoms with van der Waals surface area (Å²) in [6.07, 6.45) is 13.6. The molecular weight excluding hydrogens is 520 g/mol. The molecule has 6 amide bonds. The first-order valence-corrected chi connectivity index (χ1v) is 16.3. The number of likely N-dealkylation sites (N-methyl/N-ethyl adjacent to an activating group) is 2. The third-order valence-corrected chi connectivity index (χ3v) is 10.2. The van der Waals surface area contributed by atoms with Crippen LogP contribution >= 0.6 is 0 Å². The maximum Gasteiger partial charge on any atom is 0.327 e. The van der Waals surface area contributed by atoms with E-state index in [1.165, 1.54) is 14.7 Å². The number of unbranched alkanes of at least 4 members (excludes halogenated alkanes) is 2. The molecule has 9 nitrogen and oxygen atoms in total. The molecule has 0 atom stereocenters. The molecule has 0 saturated carbocycles. The van der Waals surface area contributed by atoms with Gasteiger partial charge in [0, 0.05) is 39.9 Å². The van der Waals surface area contributed by atoms with E-state index in [-0.39, 0.29) is 47.8 Å². The van der Waals surface area contributed by atoms with Crippen molar-refractivity contribution in [2.75, 3.05) is 53.0 Å². The molecule has 9 heteroatoms. The van der Waals surface area contributed by atoms with Crippen molar-refractivity contribution >= 4 is 23.9 Å². The summed E-state index contributed by atoms with van der Waals surface area (Å²) in [5.74, 6) is -0.147. The number of ether oxygens (including phenoxy) is 1. The Balaban J connectivity index is 1.62. The van der Waals surface area contributed by atoms with Crippen LogP contribution in [0.25, 0.3) is 0 Å². The Labute approximate surface area is 249 Å². The van der Waals surface area contributed by atoms with Gasteiger partial charge in [0.25, 0.3) is 0 Å². The van der Waals surface area contributed by atoms with Gasteiger partial charge < -0.3 is 14.5 Å². The van der Waals surface area contributed by atoms with Crippen molar-refractivity contribution in [3.8, 4) is 0 Å². The second kappa shape index (κ2) is 17.1. The number of urea groups is 2. The molecule has 2 saturated heterocycles. The molecule has 0 aromatic carbocycles. The van der Waals surface area contributed by atoms with E-state index >= 15 is 0 Å². The first-order chi connectivity index (χ1) is 19.6. The molecular formula is C32H58N4O5. The highest BCUT2D eigenvalue weighted by Crippen LogP contribution is 2.38. The van der Waals surface area contributed by atoms with Gasteiger partial charge in [0.05, 0.1) is 0 Å². The summed E-state index contributed by atoms with van der Waals surface area (Å²) < 4.78 is 5.98. The highest BCUT2D eigenvalue weighted by molar-refractivity contribution is 6.02. The molecule has 2 rings (SSSR count). The number of carbonyl (C=O) groups is 4. The zero-order valence-electron chi connectivity index (χ0n) is 27.0. The summed E-state index contributed by atoms with van der Waals surface area (Å²) in [5.41, 5.74) is 0.426. The van der Waals surface area contributed by atoms with Crippen LogP contribution in [0.5, 0.6) is 0 Å². The van der Waals surface area contributed by atoms with Gasteiger partial charge in [-0.05, 0) is 62.7 Å². The standard InChI is InChI=1S/C32H58N4O5/c1-7-31(8-2,19-16-21-35-28(38)26-34(11-5)30(35)40)17-12-14-23-41-24-15-13-18-32(9-3,10-4)20-22-36-27(37)25-33(6)29(36)39/h7-26H2,1-6H3. The zero-order chi connectivity index (χ0) is 30.5. The van der Waals surface area contributed by atoms with Crippen LogP contribution in [0, 0.1) is 10.8 Å². The number of hydrogen-bond donors (Lipinski definition) is 0. The molecule has 0 aromatic rings. The van der Waals surface area contributed by atoms with Crippen LogP contribution in [0.2, 0.25) is 0 Å². The summed E-state index contributed by atoms with van der Waals surface area (Å²) in [4.78, 5) is 54.9. The zero-order valence-corrected chi connectivity index (χ0v) is 27.0. The quantitative estimate of drug-likeness (QED) is 0.111. The highest BCUT2D eigenvalue weighted by Gasteiger charge is 2.36. The minimum Gasteiger partial charge on any atom is -0.381 e. The topological polar surface area (TPSA) is 90.5 Å². The van der Waals surface area contributed by atoms with Crippen LogP contribution in [0.15, 0.2) is 0 Å². The van der Waals surface area contributed by atoms with Crippen molar-refractivity contribution in [3.63, 3.8) is 0 Å². The fourth-order valence-corrected chi connectivity index (χ4v) is 6.59. The molecule has 2 aliphatic rings. The first-order valence-electron chi connectivity index (χ1n) is 16.3. The van der Waals surface area contributed by atoms with E-state index < -0.39 is 0 Å². The van der Waals surface area contributed by atoms with E-state index in [1.54, 1.807) is 11.9 Å². The predicted octanol–water partition coefficient (Wildman–Crippen LogP) is 6.30. The maximum absolute atomic E-state index is 12.4. The minimum atomic E-state index is -0.168. The monoisotopic (exact) mass is 578 g/mol. The van der Waals surface area contributed by atoms with Gasteiger partial charge in [-0.15, -0.1) is 0 Å². The van der Waals surface area contributed by atoms with Crippen LogP contribution in [0.4, 0.5) is 9.59 Å². The van der Waals surface area contributed by atoms with Gasteiger partial charge in [0.1, 0.15) is 13.1 Å². The lowest BCUT2D eigenvalue weighted by Gasteiger charge is -2.33. The molecule has 2 fully saturated rings. The number of rotatable bonds is 22. The molecule has 236 valence electrons. The smallest absolute Gasteiger partial charge is 0.327 e. The molecule has 0 bridgehead atoms. The van der Waals surface area contributed by atoms with Gasteiger partial charge in [0.15, 0.2) is 0 Å². The second-order valence-electron chi connectivity index (χ2n) is 12.3. The molecule has 0 N–H and O–H groups in total. The van der Waals surface area contributed by atoms with Crippen LogP contribution in [-0.4, -0.2) is 96.5 Å². The van der Waals surface area contributed by atoms with Gasteiger partial charge in [-0.1, -0.05) is 66.2 Å². The number of nitrogens with zero attached hydrogens (tertiary/aromatic N) is 4. The second-order valence-corrected chi connectivity index (χ2v) is 12.3. The van der Waals surface area contributed by atoms with E-state index in [1.807, 2.05) is 6.92 Å². The highest BCUT2D eigenvalue weighted by atomic mass is 16.5. The fraction of sp³-hybridized carbons (Fsp3) is 0.875. The number of imide groups is 2. The molecule has 2 aliphatic heterocycles. The Hall–Kier alpha value is -2.16. The summed E-state index contributed by atoms with van der Waals surface area (Å²) in [6.45, 7) is 14.5. The van der Waals surface area contributed by atoms with Crippen LogP contribution < -0.4 is 0 Å². The third kappa shape index (κ3) is 9.69. The van der Waals surface area contributed by atoms with E-state index in [0.29, 0.717) is 19.6 Å². The molecule has 0 aromatic heterocycles. The Morgan fingerprint density at radius 1 is 0.610 bits per heavy atom. The molecule has 0 aliphatic carbocycles. The van der Waals surface area contributed by atoms with Gasteiger partial charge in [0.2, 0.25) is 11.8 Å². The van der Waals surface area contributed by atoms with Crippen LogP contribution in [0.3, 0.4) is 0 Å². The average Bonchev–Trinajstić information content (AvgIpc) is 3.39. The molecule has 41 heavy (non-hydrogen) atoms. The van der Waals surface area contributed by atoms with Crippen molar-refractivity contribution in [2.24, 2.45) is 10.8 Å². The van der Waals surface area contributed by atoms with Crippen LogP contribution in [0.1, 0.15) is 118 Å². The Bertz CT molecular complexity index is 855. The summed E-state index contributed by atoms with van der Waals surface area (Å²) in [7, 11) is 1.68. The van der Waals surface area contributed by atoms with E-state index in [4.69, 9.17) is 4.74 Å². The first kappa shape index (κ1) is 35.0. The van der Waals surface area contributed by atoms with Crippen molar-refractivity contribution < 1.29 is 23.9 Å². The number of amides is 6.